The normalized spacial score (nSPS) is 33.2. The minimum Gasteiger partial charge on any atom is -0.493 e. The van der Waals surface area contributed by atoms with Crippen LogP contribution in [0.15, 0.2) is 54.6 Å². The molecule has 30 heavy (non-hydrogen) atoms. The summed E-state index contributed by atoms with van der Waals surface area (Å²) < 4.78 is 11.8. The molecular formula is C25H25NO4. The van der Waals surface area contributed by atoms with Crippen LogP contribution in [-0.2, 0) is 23.1 Å². The second-order valence-electron chi connectivity index (χ2n) is 8.90. The van der Waals surface area contributed by atoms with Crippen molar-refractivity contribution in [3.8, 4) is 11.5 Å². The highest BCUT2D eigenvalue weighted by Gasteiger charge is 2.71. The van der Waals surface area contributed by atoms with Gasteiger partial charge in [-0.05, 0) is 55.2 Å². The Balaban J connectivity index is 1.45. The highest BCUT2D eigenvalue weighted by atomic mass is 16.5. The third-order valence-electron chi connectivity index (χ3n) is 7.72. The van der Waals surface area contributed by atoms with E-state index in [2.05, 4.69) is 35.2 Å². The number of rotatable bonds is 4. The number of hydrogen-bond acceptors (Lipinski definition) is 5. The van der Waals surface area contributed by atoms with Crippen LogP contribution in [0.3, 0.4) is 0 Å². The van der Waals surface area contributed by atoms with Crippen LogP contribution in [0, 0.1) is 0 Å². The molecule has 1 saturated heterocycles. The van der Waals surface area contributed by atoms with Crippen LogP contribution in [0.4, 0.5) is 0 Å². The SMILES string of the molecule is COc1ccc2c3c1O[C@H]1C(=O)C=C[C@@]4(O)[C@@H](C2)N(CCc2ccccc2)CC[C@]314. The predicted octanol–water partition coefficient (Wildman–Crippen LogP) is 2.44. The molecule has 4 atom stereocenters. The summed E-state index contributed by atoms with van der Waals surface area (Å²) in [6.45, 7) is 1.70. The summed E-state index contributed by atoms with van der Waals surface area (Å²) in [6, 6.07) is 14.4. The summed E-state index contributed by atoms with van der Waals surface area (Å²) in [5.41, 5.74) is 1.58. The summed E-state index contributed by atoms with van der Waals surface area (Å²) in [7, 11) is 1.62. The van der Waals surface area contributed by atoms with Crippen LogP contribution in [0.5, 0.6) is 11.5 Å². The molecule has 4 aliphatic rings. The Bertz CT molecular complexity index is 1060. The molecule has 2 bridgehead atoms. The topological polar surface area (TPSA) is 59.0 Å². The van der Waals surface area contributed by atoms with Crippen LogP contribution in [0.25, 0.3) is 0 Å². The number of aliphatic hydroxyl groups is 1. The molecule has 1 fully saturated rings. The van der Waals surface area contributed by atoms with Crippen molar-refractivity contribution in [2.45, 2.75) is 42.4 Å². The lowest BCUT2D eigenvalue weighted by Crippen LogP contribution is -2.75. The molecule has 2 aromatic carbocycles. The first-order valence-electron chi connectivity index (χ1n) is 10.7. The van der Waals surface area contributed by atoms with Crippen molar-refractivity contribution in [2.75, 3.05) is 20.2 Å². The maximum Gasteiger partial charge on any atom is 0.196 e. The lowest BCUT2D eigenvalue weighted by molar-refractivity contribution is -0.154. The van der Waals surface area contributed by atoms with Crippen LogP contribution in [0.1, 0.15) is 23.1 Å². The van der Waals surface area contributed by atoms with Gasteiger partial charge in [0.25, 0.3) is 0 Å². The van der Waals surface area contributed by atoms with Gasteiger partial charge in [-0.15, -0.1) is 0 Å². The van der Waals surface area contributed by atoms with E-state index in [9.17, 15) is 9.90 Å². The monoisotopic (exact) mass is 403 g/mol. The summed E-state index contributed by atoms with van der Waals surface area (Å²) in [4.78, 5) is 15.3. The van der Waals surface area contributed by atoms with Crippen molar-refractivity contribution in [3.63, 3.8) is 0 Å². The first kappa shape index (κ1) is 18.2. The molecule has 154 valence electrons. The molecule has 1 spiro atoms. The number of carbonyl (C=O) groups excluding carboxylic acids is 1. The molecule has 2 heterocycles. The van der Waals surface area contributed by atoms with Gasteiger partial charge < -0.3 is 14.6 Å². The molecule has 2 aliphatic carbocycles. The van der Waals surface area contributed by atoms with Gasteiger partial charge in [0, 0.05) is 18.2 Å². The molecule has 1 N–H and O–H groups in total. The van der Waals surface area contributed by atoms with Crippen molar-refractivity contribution in [1.82, 2.24) is 4.90 Å². The maximum atomic E-state index is 12.9. The fourth-order valence-electron chi connectivity index (χ4n) is 6.34. The Morgan fingerprint density at radius 1 is 1.23 bits per heavy atom. The second-order valence-corrected chi connectivity index (χ2v) is 8.90. The molecule has 5 nitrogen and oxygen atoms in total. The van der Waals surface area contributed by atoms with E-state index in [4.69, 9.17) is 9.47 Å². The van der Waals surface area contributed by atoms with E-state index in [1.54, 1.807) is 13.2 Å². The van der Waals surface area contributed by atoms with Crippen LogP contribution in [0.2, 0.25) is 0 Å². The smallest absolute Gasteiger partial charge is 0.196 e. The first-order chi connectivity index (χ1) is 14.6. The number of ether oxygens (including phenoxy) is 2. The summed E-state index contributed by atoms with van der Waals surface area (Å²) in [5, 5.41) is 12.2. The highest BCUT2D eigenvalue weighted by molar-refractivity contribution is 5.99. The Hall–Kier alpha value is -2.63. The number of hydrogen-bond donors (Lipinski definition) is 1. The van der Waals surface area contributed by atoms with Gasteiger partial charge in [-0.2, -0.15) is 0 Å². The Labute approximate surface area is 175 Å². The number of likely N-dealkylation sites (tertiary alicyclic amines) is 1. The fourth-order valence-corrected chi connectivity index (χ4v) is 6.34. The molecular weight excluding hydrogens is 378 g/mol. The van der Waals surface area contributed by atoms with Crippen LogP contribution in [-0.4, -0.2) is 53.7 Å². The molecule has 6 rings (SSSR count). The van der Waals surface area contributed by atoms with Crippen molar-refractivity contribution in [2.24, 2.45) is 0 Å². The van der Waals surface area contributed by atoms with Gasteiger partial charge in [0.2, 0.25) is 0 Å². The number of piperidine rings is 1. The number of benzene rings is 2. The molecule has 2 aromatic rings. The fraction of sp³-hybridized carbons (Fsp3) is 0.400. The van der Waals surface area contributed by atoms with Crippen molar-refractivity contribution < 1.29 is 19.4 Å². The number of methoxy groups -OCH3 is 1. The Morgan fingerprint density at radius 2 is 2.07 bits per heavy atom. The van der Waals surface area contributed by atoms with Gasteiger partial charge >= 0.3 is 0 Å². The molecule has 5 heteroatoms. The summed E-state index contributed by atoms with van der Waals surface area (Å²) >= 11 is 0. The van der Waals surface area contributed by atoms with Crippen LogP contribution < -0.4 is 9.47 Å². The number of ketones is 1. The van der Waals surface area contributed by atoms with E-state index in [-0.39, 0.29) is 11.8 Å². The molecule has 0 aromatic heterocycles. The molecule has 0 saturated carbocycles. The van der Waals surface area contributed by atoms with Gasteiger partial charge in [0.05, 0.1) is 12.5 Å². The summed E-state index contributed by atoms with van der Waals surface area (Å²) in [6.07, 6.45) is 4.95. The molecule has 0 radical (unpaired) electrons. The lowest BCUT2D eigenvalue weighted by Gasteiger charge is -2.60. The van der Waals surface area contributed by atoms with Crippen LogP contribution >= 0.6 is 0 Å². The Morgan fingerprint density at radius 3 is 2.87 bits per heavy atom. The van der Waals surface area contributed by atoms with Gasteiger partial charge in [-0.25, -0.2) is 0 Å². The largest absolute Gasteiger partial charge is 0.493 e. The molecule has 2 aliphatic heterocycles. The van der Waals surface area contributed by atoms with Gasteiger partial charge in [0.1, 0.15) is 5.60 Å². The zero-order valence-electron chi connectivity index (χ0n) is 17.0. The van der Waals surface area contributed by atoms with Gasteiger partial charge in [0.15, 0.2) is 23.4 Å². The average molecular weight is 403 g/mol. The number of nitrogens with zero attached hydrogens (tertiary/aromatic N) is 1. The zero-order valence-corrected chi connectivity index (χ0v) is 17.0. The van der Waals surface area contributed by atoms with E-state index >= 15 is 0 Å². The van der Waals surface area contributed by atoms with Crippen molar-refractivity contribution in [1.29, 1.82) is 0 Å². The summed E-state index contributed by atoms with van der Waals surface area (Å²) in [5.74, 6) is 1.21. The predicted molar refractivity (Wildman–Crippen MR) is 112 cm³/mol. The van der Waals surface area contributed by atoms with E-state index in [1.807, 2.05) is 12.1 Å². The average Bonchev–Trinajstić information content (AvgIpc) is 3.12. The zero-order chi connectivity index (χ0) is 20.5. The number of carbonyl (C=O) groups is 1. The highest BCUT2D eigenvalue weighted by Crippen LogP contribution is 2.63. The Kier molecular flexibility index (Phi) is 3.75. The second kappa shape index (κ2) is 6.19. The minimum atomic E-state index is -1.13. The van der Waals surface area contributed by atoms with E-state index < -0.39 is 17.1 Å². The van der Waals surface area contributed by atoms with E-state index in [0.29, 0.717) is 17.9 Å². The third kappa shape index (κ3) is 2.12. The molecule has 0 amide bonds. The van der Waals surface area contributed by atoms with E-state index in [1.165, 1.54) is 11.6 Å². The molecule has 0 unspecified atom stereocenters. The maximum absolute atomic E-state index is 12.9. The van der Waals surface area contributed by atoms with Crippen molar-refractivity contribution >= 4 is 5.78 Å². The third-order valence-corrected chi connectivity index (χ3v) is 7.72. The lowest BCUT2D eigenvalue weighted by atomic mass is 9.51. The standard InChI is InChI=1S/C25H25NO4/c1-29-19-8-7-17-15-20-25(28)11-9-18(27)23-24(25,21(17)22(19)30-23)12-14-26(20)13-10-16-5-3-2-4-6-16/h2-9,11,20,23,28H,10,12-15H2,1H3/t20-,23+,24+,25-/m1/s1. The van der Waals surface area contributed by atoms with Gasteiger partial charge in [-0.1, -0.05) is 36.4 Å². The first-order valence-corrected chi connectivity index (χ1v) is 10.7. The van der Waals surface area contributed by atoms with E-state index in [0.717, 1.165) is 37.1 Å². The quantitative estimate of drug-likeness (QED) is 0.850. The van der Waals surface area contributed by atoms with Gasteiger partial charge in [-0.3, -0.25) is 9.69 Å². The van der Waals surface area contributed by atoms with Crippen molar-refractivity contribution in [3.05, 3.63) is 71.3 Å². The minimum absolute atomic E-state index is 0.0673.